The van der Waals surface area contributed by atoms with Crippen LogP contribution in [-0.4, -0.2) is 53.4 Å². The zero-order valence-electron chi connectivity index (χ0n) is 44.6. The van der Waals surface area contributed by atoms with E-state index < -0.39 is 11.2 Å². The van der Waals surface area contributed by atoms with Crippen molar-refractivity contribution in [2.24, 2.45) is 17.3 Å². The van der Waals surface area contributed by atoms with Crippen molar-refractivity contribution < 1.29 is 38.7 Å². The van der Waals surface area contributed by atoms with Crippen LogP contribution >= 0.6 is 0 Å². The number of nitrogens with two attached hydrogens (primary N) is 2. The number of allylic oxidation sites excluding steroid dienone is 3. The highest BCUT2D eigenvalue weighted by Crippen LogP contribution is 2.44. The maximum Gasteiger partial charge on any atom is 0.314 e. The lowest BCUT2D eigenvalue weighted by Crippen LogP contribution is -2.51. The van der Waals surface area contributed by atoms with E-state index >= 15 is 0 Å². The van der Waals surface area contributed by atoms with E-state index in [4.69, 9.17) is 30.4 Å². The summed E-state index contributed by atoms with van der Waals surface area (Å²) in [5, 5.41) is 24.8. The van der Waals surface area contributed by atoms with Gasteiger partial charge >= 0.3 is 11.9 Å². The van der Waals surface area contributed by atoms with Crippen LogP contribution in [0, 0.1) is 17.3 Å². The molecule has 2 saturated carbocycles. The molecule has 0 bridgehead atoms. The van der Waals surface area contributed by atoms with Crippen molar-refractivity contribution in [1.29, 1.82) is 0 Å². The first kappa shape index (κ1) is 58.5. The van der Waals surface area contributed by atoms with Crippen LogP contribution in [0.15, 0.2) is 135 Å². The lowest BCUT2D eigenvalue weighted by atomic mass is 9.66. The number of esters is 2. The van der Waals surface area contributed by atoms with Crippen LogP contribution < -0.4 is 20.9 Å². The molecule has 0 radical (unpaired) electrons. The van der Waals surface area contributed by atoms with Gasteiger partial charge in [0.25, 0.3) is 0 Å². The Morgan fingerprint density at radius 1 is 0.520 bits per heavy atom. The summed E-state index contributed by atoms with van der Waals surface area (Å²) in [7, 11) is 0. The SMILES string of the molecule is C=CCCCCCCOC1CCC(C(=O)Oc2ccc(/C=C/CCC(Cc3ccc(N)cc3)(Cc3ccc(N)cc3)C(O)(O)C/C=C/c3ccc(OC(=O)C4CCC(OCCCCCCC=C)CC4)cc3)cc2)CC1. The number of hydrogen-bond acceptors (Lipinski definition) is 10. The highest BCUT2D eigenvalue weighted by Gasteiger charge is 2.48. The maximum absolute atomic E-state index is 13.2. The number of carbonyl (C=O) groups excluding carboxylic acids is 2. The molecule has 6 N–H and O–H groups in total. The molecule has 0 spiro atoms. The van der Waals surface area contributed by atoms with E-state index in [0.717, 1.165) is 113 Å². The Bertz CT molecular complexity index is 2310. The van der Waals surface area contributed by atoms with E-state index in [9.17, 15) is 19.8 Å². The normalized spacial score (nSPS) is 18.3. The van der Waals surface area contributed by atoms with Gasteiger partial charge in [0.1, 0.15) is 11.5 Å². The molecule has 2 aliphatic carbocycles. The lowest BCUT2D eigenvalue weighted by molar-refractivity contribution is -0.243. The first-order valence-corrected chi connectivity index (χ1v) is 28.0. The van der Waals surface area contributed by atoms with Crippen molar-refractivity contribution >= 4 is 35.5 Å². The van der Waals surface area contributed by atoms with Gasteiger partial charge in [0.15, 0.2) is 5.79 Å². The first-order chi connectivity index (χ1) is 36.4. The Kier molecular flexibility index (Phi) is 24.4. The molecule has 0 aromatic heterocycles. The van der Waals surface area contributed by atoms with Gasteiger partial charge in [0.05, 0.1) is 24.0 Å². The molecule has 4 aromatic carbocycles. The molecular formula is C65H86N2O8. The monoisotopic (exact) mass is 1020 g/mol. The fraction of sp³-hybridized carbons (Fsp3) is 0.477. The molecule has 10 nitrogen and oxygen atoms in total. The van der Waals surface area contributed by atoms with Crippen LogP contribution in [0.2, 0.25) is 0 Å². The third-order valence-electron chi connectivity index (χ3n) is 15.2. The zero-order valence-corrected chi connectivity index (χ0v) is 44.6. The number of anilines is 2. The number of ether oxygens (including phenoxy) is 4. The summed E-state index contributed by atoms with van der Waals surface area (Å²) in [6.07, 6.45) is 31.7. The minimum atomic E-state index is -2.16. The molecule has 0 amide bonds. The van der Waals surface area contributed by atoms with Crippen LogP contribution in [0.4, 0.5) is 11.4 Å². The van der Waals surface area contributed by atoms with Crippen LogP contribution in [0.5, 0.6) is 11.5 Å². The Morgan fingerprint density at radius 3 is 1.33 bits per heavy atom. The number of aliphatic hydroxyl groups is 2. The van der Waals surface area contributed by atoms with E-state index in [2.05, 4.69) is 19.2 Å². The van der Waals surface area contributed by atoms with Gasteiger partial charge in [-0.15, -0.1) is 13.2 Å². The van der Waals surface area contributed by atoms with Crippen LogP contribution in [0.3, 0.4) is 0 Å². The van der Waals surface area contributed by atoms with E-state index in [1.54, 1.807) is 18.2 Å². The van der Waals surface area contributed by atoms with Crippen LogP contribution in [0.1, 0.15) is 157 Å². The fourth-order valence-electron chi connectivity index (χ4n) is 10.5. The molecule has 0 unspecified atom stereocenters. The van der Waals surface area contributed by atoms with Gasteiger partial charge in [-0.1, -0.05) is 111 Å². The Balaban J connectivity index is 1.04. The molecule has 0 aliphatic heterocycles. The van der Waals surface area contributed by atoms with Crippen molar-refractivity contribution in [2.45, 2.75) is 166 Å². The topological polar surface area (TPSA) is 164 Å². The largest absolute Gasteiger partial charge is 0.426 e. The predicted molar refractivity (Wildman–Crippen MR) is 305 cm³/mol. The molecule has 0 atom stereocenters. The van der Waals surface area contributed by atoms with Gasteiger partial charge in [0.2, 0.25) is 0 Å². The summed E-state index contributed by atoms with van der Waals surface area (Å²) in [5.41, 5.74) is 16.0. The molecule has 4 aromatic rings. The predicted octanol–water partition coefficient (Wildman–Crippen LogP) is 14.1. The molecular weight excluding hydrogens is 937 g/mol. The second-order valence-electron chi connectivity index (χ2n) is 21.1. The van der Waals surface area contributed by atoms with Gasteiger partial charge in [-0.3, -0.25) is 9.59 Å². The number of carbonyl (C=O) groups is 2. The molecule has 2 fully saturated rings. The summed E-state index contributed by atoms with van der Waals surface area (Å²) in [5.74, 6) is -1.84. The Morgan fingerprint density at radius 2 is 0.920 bits per heavy atom. The van der Waals surface area contributed by atoms with Gasteiger partial charge in [0, 0.05) is 36.4 Å². The number of rotatable bonds is 32. The number of hydrogen-bond donors (Lipinski definition) is 4. The summed E-state index contributed by atoms with van der Waals surface area (Å²) < 4.78 is 23.9. The second-order valence-corrected chi connectivity index (χ2v) is 21.1. The molecule has 10 heteroatoms. The van der Waals surface area contributed by atoms with Gasteiger partial charge in [-0.25, -0.2) is 0 Å². The van der Waals surface area contributed by atoms with Crippen molar-refractivity contribution in [2.75, 3.05) is 24.7 Å². The number of benzene rings is 4. The van der Waals surface area contributed by atoms with Crippen molar-refractivity contribution in [1.82, 2.24) is 0 Å². The van der Waals surface area contributed by atoms with Crippen molar-refractivity contribution in [3.05, 3.63) is 157 Å². The average Bonchev–Trinajstić information content (AvgIpc) is 3.41. The first-order valence-electron chi connectivity index (χ1n) is 28.0. The van der Waals surface area contributed by atoms with Crippen LogP contribution in [0.25, 0.3) is 12.2 Å². The highest BCUT2D eigenvalue weighted by molar-refractivity contribution is 5.76. The third kappa shape index (κ3) is 20.0. The van der Waals surface area contributed by atoms with Gasteiger partial charge < -0.3 is 40.6 Å². The van der Waals surface area contributed by atoms with Gasteiger partial charge in [-0.2, -0.15) is 0 Å². The van der Waals surface area contributed by atoms with E-state index in [-0.39, 0.29) is 42.4 Å². The summed E-state index contributed by atoms with van der Waals surface area (Å²) in [4.78, 5) is 26.3. The average molecular weight is 1020 g/mol. The number of nitrogen functional groups attached to an aromatic ring is 2. The minimum Gasteiger partial charge on any atom is -0.426 e. The highest BCUT2D eigenvalue weighted by atomic mass is 16.5. The second kappa shape index (κ2) is 31.3. The van der Waals surface area contributed by atoms with E-state index in [1.165, 1.54) is 38.5 Å². The maximum atomic E-state index is 13.2. The summed E-state index contributed by atoms with van der Waals surface area (Å²) >= 11 is 0. The fourth-order valence-corrected chi connectivity index (χ4v) is 10.5. The minimum absolute atomic E-state index is 0.0497. The summed E-state index contributed by atoms with van der Waals surface area (Å²) in [6, 6.07) is 30.0. The Hall–Kier alpha value is -5.78. The zero-order chi connectivity index (χ0) is 53.1. The van der Waals surface area contributed by atoms with Gasteiger partial charge in [-0.05, 0) is 186 Å². The molecule has 6 rings (SSSR count). The van der Waals surface area contributed by atoms with E-state index in [1.807, 2.05) is 109 Å². The van der Waals surface area contributed by atoms with Crippen molar-refractivity contribution in [3.63, 3.8) is 0 Å². The molecule has 75 heavy (non-hydrogen) atoms. The smallest absolute Gasteiger partial charge is 0.314 e. The number of unbranched alkanes of at least 4 members (excludes halogenated alkanes) is 8. The molecule has 404 valence electrons. The molecule has 0 heterocycles. The van der Waals surface area contributed by atoms with Crippen LogP contribution in [-0.2, 0) is 31.9 Å². The van der Waals surface area contributed by atoms with E-state index in [0.29, 0.717) is 48.6 Å². The quantitative estimate of drug-likeness (QED) is 0.00924. The molecule has 0 saturated heterocycles. The molecule has 2 aliphatic rings. The standard InChI is InChI=1S/C65H86N2O8/c1-3-5-7-9-11-15-46-72-58-40-28-54(29-41-58)62(68)74-60-36-24-50(25-37-60)18-13-14-44-64(48-52-20-32-56(66)33-21-52,49-53-22-34-57(67)35-23-53)65(70,71)45-17-19-51-26-38-61(39-27-51)75-63(69)55-30-42-59(43-31-55)73-47-16-12-10-8-6-4-2/h3-4,13,17-27,32-39,54-55,58-59,70-71H,1-2,5-12,14-16,28-31,40-49,66-67H2/b18-13+,19-17+. The third-order valence-corrected chi connectivity index (χ3v) is 15.2. The lowest BCUT2D eigenvalue weighted by Gasteiger charge is -2.44. The summed E-state index contributed by atoms with van der Waals surface area (Å²) in [6.45, 7) is 9.13. The van der Waals surface area contributed by atoms with Crippen molar-refractivity contribution in [3.8, 4) is 11.5 Å². The Labute approximate surface area is 448 Å².